The molecule has 0 unspecified atom stereocenters. The minimum absolute atomic E-state index is 0.204. The second kappa shape index (κ2) is 14.2. The molecular weight excluding hydrogens is 765 g/mol. The summed E-state index contributed by atoms with van der Waals surface area (Å²) >= 11 is 0. The van der Waals surface area contributed by atoms with Gasteiger partial charge in [-0.2, -0.15) is 0 Å². The topological polar surface area (TPSA) is 36.9 Å². The maximum absolute atomic E-state index is 8.04. The zero-order valence-corrected chi connectivity index (χ0v) is 40.8. The summed E-state index contributed by atoms with van der Waals surface area (Å²) in [5.74, 6) is 3.75. The molecule has 4 aliphatic carbocycles. The van der Waals surface area contributed by atoms with Crippen molar-refractivity contribution < 1.29 is 17.7 Å². The van der Waals surface area contributed by atoms with Gasteiger partial charge in [0.1, 0.15) is 0 Å². The fraction of sp³-hybridized carbons (Fsp3) is 0.571. The number of fused-ring (bicyclic) bond motifs is 14. The Labute approximate surface area is 369 Å². The van der Waals surface area contributed by atoms with Crippen LogP contribution in [0, 0.1) is 0 Å². The van der Waals surface area contributed by atoms with Crippen molar-refractivity contribution in [2.24, 2.45) is 0 Å². The van der Waals surface area contributed by atoms with Crippen LogP contribution < -0.4 is 17.7 Å². The molecule has 325 valence electrons. The van der Waals surface area contributed by atoms with Crippen molar-refractivity contribution in [1.82, 2.24) is 0 Å². The lowest BCUT2D eigenvalue weighted by Crippen LogP contribution is -2.60. The highest BCUT2D eigenvalue weighted by Gasteiger charge is 2.52. The van der Waals surface area contributed by atoms with E-state index < -0.39 is 9.05 Å². The number of aryl methyl sites for hydroxylation is 4. The average molecular weight is 837 g/mol. The maximum atomic E-state index is 8.04. The first-order valence-electron chi connectivity index (χ1n) is 24.3. The molecule has 61 heavy (non-hydrogen) atoms. The molecule has 0 bridgehead atoms. The summed E-state index contributed by atoms with van der Waals surface area (Å²) in [5.41, 5.74) is 20.9. The van der Waals surface area contributed by atoms with Crippen LogP contribution >= 0.6 is 0 Å². The van der Waals surface area contributed by atoms with Gasteiger partial charge in [0.2, 0.25) is 0 Å². The fourth-order valence-electron chi connectivity index (χ4n) is 11.9. The minimum Gasteiger partial charge on any atom is -0.602 e. The predicted molar refractivity (Wildman–Crippen MR) is 253 cm³/mol. The highest BCUT2D eigenvalue weighted by molar-refractivity contribution is 6.58. The van der Waals surface area contributed by atoms with Crippen molar-refractivity contribution in [1.29, 1.82) is 0 Å². The van der Waals surface area contributed by atoms with E-state index in [0.717, 1.165) is 74.4 Å². The van der Waals surface area contributed by atoms with Gasteiger partial charge in [0, 0.05) is 22.3 Å². The third-order valence-corrected chi connectivity index (χ3v) is 16.9. The van der Waals surface area contributed by atoms with Crippen LogP contribution in [0.5, 0.6) is 23.0 Å². The molecule has 0 radical (unpaired) electrons. The van der Waals surface area contributed by atoms with Crippen LogP contribution in [-0.2, 0) is 73.0 Å². The summed E-state index contributed by atoms with van der Waals surface area (Å²) in [5, 5.41) is 0. The van der Waals surface area contributed by atoms with E-state index in [2.05, 4.69) is 107 Å². The first kappa shape index (κ1) is 41.3. The Kier molecular flexibility index (Phi) is 9.58. The lowest BCUT2D eigenvalue weighted by molar-refractivity contribution is 0.161. The number of rotatable bonds is 0. The van der Waals surface area contributed by atoms with E-state index in [1.54, 1.807) is 0 Å². The summed E-state index contributed by atoms with van der Waals surface area (Å²) in [6.07, 6.45) is 18.2. The zero-order valence-electron chi connectivity index (χ0n) is 39.8. The summed E-state index contributed by atoms with van der Waals surface area (Å²) in [7, 11) is -4.30. The van der Waals surface area contributed by atoms with Crippen LogP contribution in [0.25, 0.3) is 22.3 Å². The monoisotopic (exact) mass is 837 g/mol. The predicted octanol–water partition coefficient (Wildman–Crippen LogP) is 14.4. The Hall–Kier alpha value is -3.70. The number of hydrogen-bond donors (Lipinski definition) is 0. The first-order valence-corrected chi connectivity index (χ1v) is 25.9. The standard InChI is InChI=1S/C56H72O4Si/c1-53(2,3)41-29-33-21-13-17-25-37(33)45-46-38-26-18-14-22-34(38)30-42(54(4,5)6)50(46)58-61(57-49(41)45)59-51-43(55(7,8)9)31-35-23-15-19-27-39(35)47(51)48-40-28-20-16-24-36(40)32-44(52(48)60-61)56(10,11)12/h29-32H,13-28H2,1-12H3/q-1. The van der Waals surface area contributed by atoms with E-state index in [-0.39, 0.29) is 21.7 Å². The highest BCUT2D eigenvalue weighted by atomic mass is 28.4. The lowest BCUT2D eigenvalue weighted by atomic mass is 9.73. The van der Waals surface area contributed by atoms with E-state index in [4.69, 9.17) is 17.7 Å². The van der Waals surface area contributed by atoms with E-state index in [0.29, 0.717) is 0 Å². The molecule has 0 N–H and O–H groups in total. The Bertz CT molecular complexity index is 2130. The van der Waals surface area contributed by atoms with Crippen LogP contribution in [0.4, 0.5) is 0 Å². The summed E-state index contributed by atoms with van der Waals surface area (Å²) in [6.45, 7) is 28.3. The normalized spacial score (nSPS) is 19.1. The molecule has 4 aromatic carbocycles. The first-order chi connectivity index (χ1) is 28.7. The zero-order chi connectivity index (χ0) is 43.0. The number of benzene rings is 4. The molecule has 0 aromatic heterocycles. The van der Waals surface area contributed by atoms with Crippen LogP contribution in [0.1, 0.15) is 201 Å². The average Bonchev–Trinajstić information content (AvgIpc) is 3.43. The molecule has 1 spiro atoms. The summed E-state index contributed by atoms with van der Waals surface area (Å²) in [6, 6.07) is 10.0. The second-order valence-electron chi connectivity index (χ2n) is 23.8. The molecule has 10 rings (SSSR count). The SMILES string of the molecule is CC(C)(C)c1cc2c(c3c1O[Si-]1(Oc4c(C(C)(C)C)cc5c(c4-3)CCCC5)Oc3c(C(C)(C)C)cc4c(c3-c3c5c(cc(C(C)(C)C)c3O1)CCCC5)CCCC4)CCCC2. The van der Waals surface area contributed by atoms with Gasteiger partial charge in [-0.05, 0) is 191 Å². The van der Waals surface area contributed by atoms with Gasteiger partial charge in [0.15, 0.2) is 0 Å². The van der Waals surface area contributed by atoms with E-state index in [1.165, 1.54) is 140 Å². The largest absolute Gasteiger partial charge is 0.730 e. The maximum Gasteiger partial charge on any atom is 0.730 e. The van der Waals surface area contributed by atoms with Gasteiger partial charge in [-0.3, -0.25) is 0 Å². The minimum atomic E-state index is -4.30. The molecule has 5 heteroatoms. The van der Waals surface area contributed by atoms with Crippen LogP contribution in [-0.4, -0.2) is 9.05 Å². The van der Waals surface area contributed by atoms with Crippen molar-refractivity contribution >= 4 is 9.05 Å². The highest BCUT2D eigenvalue weighted by Crippen LogP contribution is 2.60. The molecule has 0 atom stereocenters. The van der Waals surface area contributed by atoms with Gasteiger partial charge in [0.25, 0.3) is 0 Å². The molecule has 2 heterocycles. The van der Waals surface area contributed by atoms with Gasteiger partial charge >= 0.3 is 9.05 Å². The van der Waals surface area contributed by atoms with Crippen molar-refractivity contribution in [3.05, 3.63) is 91.0 Å². The Morgan fingerprint density at radius 1 is 0.311 bits per heavy atom. The van der Waals surface area contributed by atoms with Crippen molar-refractivity contribution in [2.45, 2.75) is 207 Å². The second-order valence-corrected chi connectivity index (χ2v) is 25.6. The van der Waals surface area contributed by atoms with Crippen molar-refractivity contribution in [3.63, 3.8) is 0 Å². The van der Waals surface area contributed by atoms with Crippen LogP contribution in [0.2, 0.25) is 0 Å². The lowest BCUT2D eigenvalue weighted by Gasteiger charge is -2.44. The summed E-state index contributed by atoms with van der Waals surface area (Å²) in [4.78, 5) is 0. The van der Waals surface area contributed by atoms with Gasteiger partial charge in [-0.25, -0.2) is 0 Å². The molecule has 0 fully saturated rings. The van der Waals surface area contributed by atoms with E-state index in [9.17, 15) is 0 Å². The van der Waals surface area contributed by atoms with E-state index >= 15 is 0 Å². The quantitative estimate of drug-likeness (QED) is 0.165. The number of hydrogen-bond acceptors (Lipinski definition) is 4. The van der Waals surface area contributed by atoms with Gasteiger partial charge in [-0.1, -0.05) is 107 Å². The van der Waals surface area contributed by atoms with Crippen molar-refractivity contribution in [3.8, 4) is 45.3 Å². The van der Waals surface area contributed by atoms with E-state index in [1.807, 2.05) is 0 Å². The Morgan fingerprint density at radius 3 is 0.705 bits per heavy atom. The molecular formula is C56H72O4Si-. The fourth-order valence-corrected chi connectivity index (χ4v) is 14.0. The van der Waals surface area contributed by atoms with Gasteiger partial charge in [-0.15, -0.1) is 0 Å². The molecule has 4 aromatic rings. The third-order valence-electron chi connectivity index (χ3n) is 15.1. The Morgan fingerprint density at radius 2 is 0.508 bits per heavy atom. The molecule has 0 amide bonds. The molecule has 0 saturated heterocycles. The molecule has 6 aliphatic rings. The molecule has 0 saturated carbocycles. The van der Waals surface area contributed by atoms with Crippen LogP contribution in [0.3, 0.4) is 0 Å². The van der Waals surface area contributed by atoms with Crippen molar-refractivity contribution in [2.75, 3.05) is 0 Å². The molecule has 4 nitrogen and oxygen atoms in total. The summed E-state index contributed by atoms with van der Waals surface area (Å²) < 4.78 is 32.2. The smallest absolute Gasteiger partial charge is 0.602 e. The molecule has 2 aliphatic heterocycles. The Balaban J connectivity index is 1.39. The van der Waals surface area contributed by atoms with Crippen LogP contribution in [0.15, 0.2) is 24.3 Å². The van der Waals surface area contributed by atoms with Gasteiger partial charge in [0.05, 0.1) is 23.0 Å². The third kappa shape index (κ3) is 6.79. The van der Waals surface area contributed by atoms with Gasteiger partial charge < -0.3 is 17.7 Å².